The Balaban J connectivity index is 2.01. The molecule has 88 valence electrons. The van der Waals surface area contributed by atoms with E-state index in [1.54, 1.807) is 0 Å². The summed E-state index contributed by atoms with van der Waals surface area (Å²) in [5.74, 6) is 1.26. The Hall–Kier alpha value is -0.530. The molecule has 1 atom stereocenters. The third-order valence-electron chi connectivity index (χ3n) is 3.72. The van der Waals surface area contributed by atoms with E-state index in [9.17, 15) is 5.11 Å². The van der Waals surface area contributed by atoms with Gasteiger partial charge in [-0.2, -0.15) is 0 Å². The smallest absolute Gasteiger partial charge is 0.0818 e. The van der Waals surface area contributed by atoms with Crippen LogP contribution in [0.3, 0.4) is 0 Å². The van der Waals surface area contributed by atoms with Crippen LogP contribution >= 0.6 is 11.6 Å². The number of aliphatic hydroxyl groups is 1. The topological polar surface area (TPSA) is 20.2 Å². The maximum atomic E-state index is 10.3. The van der Waals surface area contributed by atoms with E-state index >= 15 is 0 Å². The average Bonchev–Trinajstić information content (AvgIpc) is 2.30. The van der Waals surface area contributed by atoms with Crippen molar-refractivity contribution in [2.75, 3.05) is 0 Å². The highest BCUT2D eigenvalue weighted by molar-refractivity contribution is 6.30. The zero-order chi connectivity index (χ0) is 11.5. The summed E-state index contributed by atoms with van der Waals surface area (Å²) in [7, 11) is 0. The number of hydrogen-bond acceptors (Lipinski definition) is 1. The van der Waals surface area contributed by atoms with E-state index in [0.717, 1.165) is 29.3 Å². The van der Waals surface area contributed by atoms with Crippen LogP contribution in [0.5, 0.6) is 0 Å². The summed E-state index contributed by atoms with van der Waals surface area (Å²) in [5, 5.41) is 11.0. The van der Waals surface area contributed by atoms with Crippen LogP contribution in [-0.2, 0) is 0 Å². The minimum absolute atomic E-state index is 0.315. The Morgan fingerprint density at radius 3 is 2.25 bits per heavy atom. The van der Waals surface area contributed by atoms with Crippen molar-refractivity contribution in [1.29, 1.82) is 0 Å². The molecular weight excluding hydrogens is 220 g/mol. The SMILES string of the molecule is CC1CCC(C(O)c2ccc(Cl)cc2)CC1. The lowest BCUT2D eigenvalue weighted by molar-refractivity contribution is 0.0756. The van der Waals surface area contributed by atoms with E-state index in [2.05, 4.69) is 6.92 Å². The molecule has 16 heavy (non-hydrogen) atoms. The van der Waals surface area contributed by atoms with E-state index in [1.165, 1.54) is 12.8 Å². The summed E-state index contributed by atoms with van der Waals surface area (Å²) < 4.78 is 0. The van der Waals surface area contributed by atoms with E-state index in [-0.39, 0.29) is 6.10 Å². The van der Waals surface area contributed by atoms with Crippen LogP contribution in [0.4, 0.5) is 0 Å². The molecule has 2 rings (SSSR count). The Morgan fingerprint density at radius 2 is 1.69 bits per heavy atom. The molecular formula is C14H19ClO. The highest BCUT2D eigenvalue weighted by Gasteiger charge is 2.25. The molecule has 0 bridgehead atoms. The van der Waals surface area contributed by atoms with Crippen molar-refractivity contribution >= 4 is 11.6 Å². The summed E-state index contributed by atoms with van der Waals surface area (Å²) in [6.07, 6.45) is 4.46. The second-order valence-corrected chi connectivity index (χ2v) is 5.45. The molecule has 0 spiro atoms. The first kappa shape index (κ1) is 11.9. The Labute approximate surface area is 102 Å². The molecule has 0 amide bonds. The molecule has 1 N–H and O–H groups in total. The van der Waals surface area contributed by atoms with Crippen LogP contribution in [0.15, 0.2) is 24.3 Å². The van der Waals surface area contributed by atoms with Gasteiger partial charge >= 0.3 is 0 Å². The third-order valence-corrected chi connectivity index (χ3v) is 3.97. The predicted molar refractivity (Wildman–Crippen MR) is 67.5 cm³/mol. The number of rotatable bonds is 2. The van der Waals surface area contributed by atoms with Gasteiger partial charge in [0.1, 0.15) is 0 Å². The molecule has 2 heteroatoms. The molecule has 1 aliphatic carbocycles. The molecule has 1 aromatic rings. The fraction of sp³-hybridized carbons (Fsp3) is 0.571. The van der Waals surface area contributed by atoms with Gasteiger partial charge in [-0.15, -0.1) is 0 Å². The lowest BCUT2D eigenvalue weighted by Crippen LogP contribution is -2.19. The second-order valence-electron chi connectivity index (χ2n) is 5.02. The monoisotopic (exact) mass is 238 g/mol. The molecule has 1 saturated carbocycles. The fourth-order valence-corrected chi connectivity index (χ4v) is 2.66. The highest BCUT2D eigenvalue weighted by Crippen LogP contribution is 2.36. The first-order valence-corrected chi connectivity index (χ1v) is 6.48. The van der Waals surface area contributed by atoms with Crippen LogP contribution in [0.2, 0.25) is 5.02 Å². The Bertz CT molecular complexity index is 325. The molecule has 0 aliphatic heterocycles. The molecule has 1 fully saturated rings. The number of aliphatic hydroxyl groups excluding tert-OH is 1. The normalized spacial score (nSPS) is 27.7. The molecule has 0 radical (unpaired) electrons. The first-order valence-electron chi connectivity index (χ1n) is 6.10. The van der Waals surface area contributed by atoms with Crippen molar-refractivity contribution in [2.24, 2.45) is 11.8 Å². The number of halogens is 1. The van der Waals surface area contributed by atoms with Crippen LogP contribution in [-0.4, -0.2) is 5.11 Å². The molecule has 1 aromatic carbocycles. The van der Waals surface area contributed by atoms with E-state index in [4.69, 9.17) is 11.6 Å². The van der Waals surface area contributed by atoms with Crippen LogP contribution < -0.4 is 0 Å². The maximum Gasteiger partial charge on any atom is 0.0818 e. The van der Waals surface area contributed by atoms with Gasteiger partial charge in [0.05, 0.1) is 6.10 Å². The van der Waals surface area contributed by atoms with Crippen molar-refractivity contribution in [3.05, 3.63) is 34.9 Å². The minimum atomic E-state index is -0.315. The molecule has 1 nitrogen and oxygen atoms in total. The number of hydrogen-bond donors (Lipinski definition) is 1. The van der Waals surface area contributed by atoms with Crippen LogP contribution in [0.25, 0.3) is 0 Å². The largest absolute Gasteiger partial charge is 0.388 e. The zero-order valence-corrected chi connectivity index (χ0v) is 10.5. The second kappa shape index (κ2) is 5.20. The zero-order valence-electron chi connectivity index (χ0n) is 9.70. The van der Waals surface area contributed by atoms with E-state index in [1.807, 2.05) is 24.3 Å². The minimum Gasteiger partial charge on any atom is -0.388 e. The summed E-state index contributed by atoms with van der Waals surface area (Å²) >= 11 is 5.84. The summed E-state index contributed by atoms with van der Waals surface area (Å²) in [5.41, 5.74) is 1.00. The number of benzene rings is 1. The Kier molecular flexibility index (Phi) is 3.88. The molecule has 1 aliphatic rings. The van der Waals surface area contributed by atoms with Gasteiger partial charge in [0, 0.05) is 5.02 Å². The van der Waals surface area contributed by atoms with Crippen molar-refractivity contribution in [1.82, 2.24) is 0 Å². The van der Waals surface area contributed by atoms with E-state index in [0.29, 0.717) is 5.92 Å². The lowest BCUT2D eigenvalue weighted by atomic mass is 9.78. The van der Waals surface area contributed by atoms with Gasteiger partial charge < -0.3 is 5.11 Å². The third kappa shape index (κ3) is 2.78. The summed E-state index contributed by atoms with van der Waals surface area (Å²) in [6, 6.07) is 7.58. The van der Waals surface area contributed by atoms with Gasteiger partial charge in [-0.1, -0.05) is 43.5 Å². The van der Waals surface area contributed by atoms with Gasteiger partial charge in [-0.25, -0.2) is 0 Å². The van der Waals surface area contributed by atoms with Gasteiger partial charge in [0.15, 0.2) is 0 Å². The van der Waals surface area contributed by atoms with Gasteiger partial charge in [-0.05, 0) is 42.4 Å². The lowest BCUT2D eigenvalue weighted by Gasteiger charge is -2.30. The standard InChI is InChI=1S/C14H19ClO/c1-10-2-4-11(5-3-10)14(16)12-6-8-13(15)9-7-12/h6-11,14,16H,2-5H2,1H3. The highest BCUT2D eigenvalue weighted by atomic mass is 35.5. The summed E-state index contributed by atoms with van der Waals surface area (Å²) in [4.78, 5) is 0. The molecule has 0 heterocycles. The Morgan fingerprint density at radius 1 is 1.12 bits per heavy atom. The average molecular weight is 239 g/mol. The summed E-state index contributed by atoms with van der Waals surface area (Å²) in [6.45, 7) is 2.30. The van der Waals surface area contributed by atoms with Crippen LogP contribution in [0, 0.1) is 11.8 Å². The quantitative estimate of drug-likeness (QED) is 0.819. The predicted octanol–water partition coefficient (Wildman–Crippen LogP) is 4.20. The van der Waals surface area contributed by atoms with Crippen LogP contribution in [0.1, 0.15) is 44.3 Å². The van der Waals surface area contributed by atoms with Gasteiger partial charge in [0.25, 0.3) is 0 Å². The molecule has 1 unspecified atom stereocenters. The molecule has 0 aromatic heterocycles. The van der Waals surface area contributed by atoms with Crippen molar-refractivity contribution in [3.8, 4) is 0 Å². The van der Waals surface area contributed by atoms with Crippen molar-refractivity contribution in [3.63, 3.8) is 0 Å². The van der Waals surface area contributed by atoms with Crippen molar-refractivity contribution in [2.45, 2.75) is 38.7 Å². The first-order chi connectivity index (χ1) is 7.66. The fourth-order valence-electron chi connectivity index (χ4n) is 2.53. The van der Waals surface area contributed by atoms with Gasteiger partial charge in [0.2, 0.25) is 0 Å². The molecule has 0 saturated heterocycles. The van der Waals surface area contributed by atoms with Crippen molar-refractivity contribution < 1.29 is 5.11 Å². The van der Waals surface area contributed by atoms with Gasteiger partial charge in [-0.3, -0.25) is 0 Å². The maximum absolute atomic E-state index is 10.3. The van der Waals surface area contributed by atoms with E-state index < -0.39 is 0 Å².